The minimum atomic E-state index is 0.772. The Hall–Kier alpha value is -1.70. The van der Waals surface area contributed by atoms with Crippen LogP contribution in [-0.4, -0.2) is 67.4 Å². The number of hydrogen-bond donors (Lipinski definition) is 0. The Balaban J connectivity index is 1.35. The summed E-state index contributed by atoms with van der Waals surface area (Å²) in [6.45, 7) is 8.32. The molecule has 0 atom stereocenters. The van der Waals surface area contributed by atoms with E-state index >= 15 is 0 Å². The van der Waals surface area contributed by atoms with E-state index in [0.717, 1.165) is 75.3 Å². The number of piperazine rings is 1. The summed E-state index contributed by atoms with van der Waals surface area (Å²) in [7, 11) is 0. The van der Waals surface area contributed by atoms with Gasteiger partial charge in [0.2, 0.25) is 5.95 Å². The summed E-state index contributed by atoms with van der Waals surface area (Å²) in [4.78, 5) is 16.4. The maximum atomic E-state index is 5.43. The van der Waals surface area contributed by atoms with Gasteiger partial charge in [0.1, 0.15) is 5.82 Å². The number of hydrogen-bond acceptors (Lipinski definition) is 6. The van der Waals surface area contributed by atoms with Gasteiger partial charge in [-0.1, -0.05) is 28.1 Å². The first-order valence-corrected chi connectivity index (χ1v) is 9.95. The molecule has 2 aliphatic rings. The summed E-state index contributed by atoms with van der Waals surface area (Å²) < 4.78 is 6.56. The summed E-state index contributed by atoms with van der Waals surface area (Å²) in [5.41, 5.74) is 1.35. The molecule has 26 heavy (non-hydrogen) atoms. The summed E-state index contributed by atoms with van der Waals surface area (Å²) in [5, 5.41) is 0. The summed E-state index contributed by atoms with van der Waals surface area (Å²) >= 11 is 3.49. The van der Waals surface area contributed by atoms with Crippen LogP contribution in [0.2, 0.25) is 0 Å². The first kappa shape index (κ1) is 17.7. The van der Waals surface area contributed by atoms with Gasteiger partial charge in [-0.05, 0) is 23.8 Å². The fourth-order valence-electron chi connectivity index (χ4n) is 3.41. The number of halogens is 1. The van der Waals surface area contributed by atoms with E-state index < -0.39 is 0 Å². The van der Waals surface area contributed by atoms with Crippen molar-refractivity contribution in [1.29, 1.82) is 0 Å². The van der Waals surface area contributed by atoms with Crippen LogP contribution in [0.5, 0.6) is 0 Å². The van der Waals surface area contributed by atoms with Crippen LogP contribution in [0, 0.1) is 0 Å². The maximum absolute atomic E-state index is 5.43. The van der Waals surface area contributed by atoms with Crippen molar-refractivity contribution in [2.75, 3.05) is 62.3 Å². The van der Waals surface area contributed by atoms with Crippen LogP contribution >= 0.6 is 15.9 Å². The van der Waals surface area contributed by atoms with E-state index in [4.69, 9.17) is 9.72 Å². The number of nitrogens with zero attached hydrogens (tertiary/aromatic N) is 5. The summed E-state index contributed by atoms with van der Waals surface area (Å²) in [6.07, 6.45) is 1.88. The highest BCUT2D eigenvalue weighted by atomic mass is 79.9. The zero-order valence-electron chi connectivity index (χ0n) is 14.9. The van der Waals surface area contributed by atoms with E-state index in [1.54, 1.807) is 0 Å². The number of morpholine rings is 1. The van der Waals surface area contributed by atoms with Crippen molar-refractivity contribution < 1.29 is 4.74 Å². The highest BCUT2D eigenvalue weighted by Crippen LogP contribution is 2.18. The minimum absolute atomic E-state index is 0.772. The third-order valence-corrected chi connectivity index (χ3v) is 5.47. The standard InChI is InChI=1S/C19H24BrN5O/c20-17-3-1-16(2-4-17)15-23-7-9-25(10-8-23)19-21-6-5-18(22-19)24-11-13-26-14-12-24/h1-6H,7-15H2. The lowest BCUT2D eigenvalue weighted by Gasteiger charge is -2.35. The molecule has 3 heterocycles. The topological polar surface area (TPSA) is 44.7 Å². The SMILES string of the molecule is Brc1ccc(CN2CCN(c3nccc(N4CCOCC4)n3)CC2)cc1. The quantitative estimate of drug-likeness (QED) is 0.760. The Kier molecular flexibility index (Phi) is 5.67. The Labute approximate surface area is 162 Å². The lowest BCUT2D eigenvalue weighted by molar-refractivity contribution is 0.122. The van der Waals surface area contributed by atoms with Crippen LogP contribution in [0.1, 0.15) is 5.56 Å². The van der Waals surface area contributed by atoms with Crippen LogP contribution < -0.4 is 9.80 Å². The van der Waals surface area contributed by atoms with Crippen LogP contribution in [0.15, 0.2) is 41.0 Å². The predicted molar refractivity (Wildman–Crippen MR) is 107 cm³/mol. The van der Waals surface area contributed by atoms with Gasteiger partial charge < -0.3 is 14.5 Å². The minimum Gasteiger partial charge on any atom is -0.378 e. The third kappa shape index (κ3) is 4.34. The molecule has 0 bridgehead atoms. The molecule has 6 nitrogen and oxygen atoms in total. The normalized spacial score (nSPS) is 19.0. The van der Waals surface area contributed by atoms with Crippen LogP contribution in [0.4, 0.5) is 11.8 Å². The van der Waals surface area contributed by atoms with Crippen LogP contribution in [0.3, 0.4) is 0 Å². The van der Waals surface area contributed by atoms with Crippen LogP contribution in [0.25, 0.3) is 0 Å². The molecule has 1 aromatic heterocycles. The zero-order valence-corrected chi connectivity index (χ0v) is 16.4. The number of benzene rings is 1. The maximum Gasteiger partial charge on any atom is 0.227 e. The third-order valence-electron chi connectivity index (χ3n) is 4.94. The van der Waals surface area contributed by atoms with Crippen LogP contribution in [-0.2, 0) is 11.3 Å². The second-order valence-electron chi connectivity index (χ2n) is 6.70. The molecule has 2 fully saturated rings. The van der Waals surface area contributed by atoms with Crippen molar-refractivity contribution in [3.05, 3.63) is 46.6 Å². The zero-order chi connectivity index (χ0) is 17.8. The Morgan fingerprint density at radius 1 is 0.885 bits per heavy atom. The van der Waals surface area contributed by atoms with Crippen molar-refractivity contribution in [3.63, 3.8) is 0 Å². The van der Waals surface area contributed by atoms with Gasteiger partial charge in [0.15, 0.2) is 0 Å². The monoisotopic (exact) mass is 417 g/mol. The number of anilines is 2. The number of aromatic nitrogens is 2. The molecule has 2 aromatic rings. The molecule has 0 N–H and O–H groups in total. The van der Waals surface area contributed by atoms with Gasteiger partial charge in [0, 0.05) is 56.5 Å². The Morgan fingerprint density at radius 3 is 2.35 bits per heavy atom. The first-order chi connectivity index (χ1) is 12.8. The lowest BCUT2D eigenvalue weighted by atomic mass is 10.2. The van der Waals surface area contributed by atoms with E-state index in [0.29, 0.717) is 0 Å². The molecule has 2 saturated heterocycles. The van der Waals surface area contributed by atoms with Gasteiger partial charge in [0.25, 0.3) is 0 Å². The van der Waals surface area contributed by atoms with Crippen molar-refractivity contribution in [2.45, 2.75) is 6.54 Å². The molecule has 0 amide bonds. The van der Waals surface area contributed by atoms with Crippen molar-refractivity contribution in [2.24, 2.45) is 0 Å². The van der Waals surface area contributed by atoms with Crippen molar-refractivity contribution >= 4 is 27.7 Å². The first-order valence-electron chi connectivity index (χ1n) is 9.15. The molecular weight excluding hydrogens is 394 g/mol. The molecule has 0 spiro atoms. The number of ether oxygens (including phenoxy) is 1. The average Bonchev–Trinajstić information content (AvgIpc) is 2.71. The molecule has 1 aromatic carbocycles. The molecule has 0 saturated carbocycles. The van der Waals surface area contributed by atoms with Gasteiger partial charge >= 0.3 is 0 Å². The molecule has 7 heteroatoms. The van der Waals surface area contributed by atoms with Crippen molar-refractivity contribution in [1.82, 2.24) is 14.9 Å². The smallest absolute Gasteiger partial charge is 0.227 e. The van der Waals surface area contributed by atoms with E-state index in [2.05, 4.69) is 59.9 Å². The Bertz CT molecular complexity index is 712. The van der Waals surface area contributed by atoms with Gasteiger partial charge in [-0.15, -0.1) is 0 Å². The van der Waals surface area contributed by atoms with E-state index in [9.17, 15) is 0 Å². The second-order valence-corrected chi connectivity index (χ2v) is 7.62. The van der Waals surface area contributed by atoms with Gasteiger partial charge in [-0.25, -0.2) is 4.98 Å². The molecule has 0 radical (unpaired) electrons. The van der Waals surface area contributed by atoms with Crippen molar-refractivity contribution in [3.8, 4) is 0 Å². The summed E-state index contributed by atoms with van der Waals surface area (Å²) in [5.74, 6) is 1.85. The molecule has 138 valence electrons. The summed E-state index contributed by atoms with van der Waals surface area (Å²) in [6, 6.07) is 10.6. The molecule has 0 aliphatic carbocycles. The van der Waals surface area contributed by atoms with Gasteiger partial charge in [-0.3, -0.25) is 4.90 Å². The molecule has 4 rings (SSSR count). The fourth-order valence-corrected chi connectivity index (χ4v) is 3.68. The molecule has 0 unspecified atom stereocenters. The largest absolute Gasteiger partial charge is 0.378 e. The fraction of sp³-hybridized carbons (Fsp3) is 0.474. The van der Waals surface area contributed by atoms with Gasteiger partial charge in [-0.2, -0.15) is 4.98 Å². The lowest BCUT2D eigenvalue weighted by Crippen LogP contribution is -2.46. The highest BCUT2D eigenvalue weighted by Gasteiger charge is 2.20. The van der Waals surface area contributed by atoms with E-state index in [-0.39, 0.29) is 0 Å². The van der Waals surface area contributed by atoms with E-state index in [1.165, 1.54) is 5.56 Å². The number of rotatable bonds is 4. The molecule has 2 aliphatic heterocycles. The molecular formula is C19H24BrN5O. The Morgan fingerprint density at radius 2 is 1.62 bits per heavy atom. The van der Waals surface area contributed by atoms with E-state index in [1.807, 2.05) is 12.3 Å². The highest BCUT2D eigenvalue weighted by molar-refractivity contribution is 9.10. The average molecular weight is 418 g/mol. The second kappa shape index (κ2) is 8.33. The van der Waals surface area contributed by atoms with Gasteiger partial charge in [0.05, 0.1) is 13.2 Å². The predicted octanol–water partition coefficient (Wildman–Crippen LogP) is 2.40.